The zero-order valence-corrected chi connectivity index (χ0v) is 17.4. The lowest BCUT2D eigenvalue weighted by Gasteiger charge is -2.30. The van der Waals surface area contributed by atoms with Gasteiger partial charge in [0.15, 0.2) is 6.29 Å². The Labute approximate surface area is 174 Å². The van der Waals surface area contributed by atoms with Gasteiger partial charge < -0.3 is 10.6 Å². The quantitative estimate of drug-likeness (QED) is 0.614. The third kappa shape index (κ3) is 4.02. The molecule has 30 heavy (non-hydrogen) atoms. The van der Waals surface area contributed by atoms with Crippen LogP contribution in [0, 0.1) is 0 Å². The number of nitrogens with one attached hydrogen (secondary N) is 3. The van der Waals surface area contributed by atoms with Gasteiger partial charge in [-0.25, -0.2) is 9.67 Å². The van der Waals surface area contributed by atoms with Gasteiger partial charge >= 0.3 is 0 Å². The van der Waals surface area contributed by atoms with E-state index in [1.807, 2.05) is 58.0 Å². The summed E-state index contributed by atoms with van der Waals surface area (Å²) in [6.07, 6.45) is 1.28. The minimum absolute atomic E-state index is 0.0130. The van der Waals surface area contributed by atoms with E-state index in [1.54, 1.807) is 4.68 Å². The van der Waals surface area contributed by atoms with Gasteiger partial charge in [0.2, 0.25) is 5.91 Å². The highest BCUT2D eigenvalue weighted by atomic mass is 16.2. The van der Waals surface area contributed by atoms with Crippen LogP contribution in [0.2, 0.25) is 0 Å². The van der Waals surface area contributed by atoms with Crippen LogP contribution in [0.4, 0.5) is 5.82 Å². The van der Waals surface area contributed by atoms with E-state index >= 15 is 0 Å². The van der Waals surface area contributed by atoms with Crippen molar-refractivity contribution >= 4 is 28.7 Å². The summed E-state index contributed by atoms with van der Waals surface area (Å²) in [7, 11) is 0. The number of amides is 2. The molecule has 0 radical (unpaired) electrons. The number of hydrogen-bond donors (Lipinski definition) is 3. The van der Waals surface area contributed by atoms with Crippen molar-refractivity contribution in [2.24, 2.45) is 0 Å². The molecule has 1 fully saturated rings. The maximum atomic E-state index is 12.9. The van der Waals surface area contributed by atoms with Crippen molar-refractivity contribution in [1.29, 1.82) is 0 Å². The molecule has 1 aliphatic rings. The van der Waals surface area contributed by atoms with Crippen LogP contribution in [-0.4, -0.2) is 37.6 Å². The topological polar surface area (TPSA) is 114 Å². The summed E-state index contributed by atoms with van der Waals surface area (Å²) in [6.45, 7) is 8.05. The minimum Gasteiger partial charge on any atom is -0.322 e. The first-order chi connectivity index (χ1) is 14.2. The first kappa shape index (κ1) is 20.0. The lowest BCUT2D eigenvalue weighted by Crippen LogP contribution is -2.52. The lowest BCUT2D eigenvalue weighted by molar-refractivity contribution is -0.125. The monoisotopic (exact) mass is 407 g/mol. The van der Waals surface area contributed by atoms with Crippen molar-refractivity contribution in [2.45, 2.75) is 51.9 Å². The Morgan fingerprint density at radius 1 is 1.23 bits per heavy atom. The van der Waals surface area contributed by atoms with Crippen molar-refractivity contribution in [3.8, 4) is 0 Å². The molecule has 2 unspecified atom stereocenters. The van der Waals surface area contributed by atoms with E-state index in [0.29, 0.717) is 17.8 Å². The maximum absolute atomic E-state index is 12.9. The van der Waals surface area contributed by atoms with Crippen LogP contribution in [0.15, 0.2) is 36.5 Å². The molecular weight excluding hydrogens is 382 g/mol. The zero-order valence-electron chi connectivity index (χ0n) is 17.4. The molecule has 0 bridgehead atoms. The fourth-order valence-electron chi connectivity index (χ4n) is 3.29. The summed E-state index contributed by atoms with van der Waals surface area (Å²) < 4.78 is 1.60. The van der Waals surface area contributed by atoms with Crippen LogP contribution in [0.25, 0.3) is 11.0 Å². The molecule has 0 aliphatic carbocycles. The first-order valence-corrected chi connectivity index (χ1v) is 9.89. The fourth-order valence-corrected chi connectivity index (χ4v) is 3.29. The number of rotatable bonds is 3. The van der Waals surface area contributed by atoms with E-state index in [-0.39, 0.29) is 23.1 Å². The van der Waals surface area contributed by atoms with Gasteiger partial charge in [0.1, 0.15) is 11.5 Å². The van der Waals surface area contributed by atoms with Crippen LogP contribution >= 0.6 is 0 Å². The Morgan fingerprint density at radius 2 is 1.97 bits per heavy atom. The highest BCUT2D eigenvalue weighted by Crippen LogP contribution is 2.26. The molecular formula is C21H25N7O2. The standard InChI is InChI=1S/C21H25N7O2/c1-12-9-18(29)26-20(23-12)28-17(10-16(27-28)21(2,3)4)25-19(30)15-11-22-13-7-5-6-8-14(13)24-15/h5-8,10-12,20,23H,9H2,1-4H3,(H,25,30)(H,26,29). The highest BCUT2D eigenvalue weighted by Gasteiger charge is 2.29. The average molecular weight is 407 g/mol. The average Bonchev–Trinajstić information content (AvgIpc) is 3.11. The fraction of sp³-hybridized carbons (Fsp3) is 0.381. The summed E-state index contributed by atoms with van der Waals surface area (Å²) in [5.74, 6) is -0.00596. The molecule has 4 rings (SSSR count). The molecule has 9 nitrogen and oxygen atoms in total. The largest absolute Gasteiger partial charge is 0.322 e. The zero-order chi connectivity index (χ0) is 21.5. The predicted molar refractivity (Wildman–Crippen MR) is 113 cm³/mol. The first-order valence-electron chi connectivity index (χ1n) is 9.89. The number of carbonyl (C=O) groups is 2. The molecule has 3 aromatic rings. The van der Waals surface area contributed by atoms with E-state index in [2.05, 4.69) is 31.0 Å². The number of hydrogen-bond acceptors (Lipinski definition) is 6. The number of fused-ring (bicyclic) bond motifs is 1. The van der Waals surface area contributed by atoms with Gasteiger partial charge in [-0.05, 0) is 19.1 Å². The van der Waals surface area contributed by atoms with Crippen LogP contribution in [0.5, 0.6) is 0 Å². The van der Waals surface area contributed by atoms with Gasteiger partial charge in [-0.2, -0.15) is 5.10 Å². The molecule has 0 saturated carbocycles. The molecule has 1 aromatic carbocycles. The van der Waals surface area contributed by atoms with Crippen molar-refractivity contribution in [1.82, 2.24) is 30.4 Å². The second-order valence-electron chi connectivity index (χ2n) is 8.55. The Hall–Kier alpha value is -3.33. The van der Waals surface area contributed by atoms with Gasteiger partial charge in [0.25, 0.3) is 5.91 Å². The maximum Gasteiger partial charge on any atom is 0.277 e. The second kappa shape index (κ2) is 7.49. The molecule has 3 heterocycles. The van der Waals surface area contributed by atoms with Crippen LogP contribution in [0.1, 0.15) is 56.6 Å². The molecule has 1 aliphatic heterocycles. The second-order valence-corrected chi connectivity index (χ2v) is 8.55. The highest BCUT2D eigenvalue weighted by molar-refractivity contribution is 6.03. The van der Waals surface area contributed by atoms with Gasteiger partial charge in [-0.3, -0.25) is 19.9 Å². The third-order valence-corrected chi connectivity index (χ3v) is 4.90. The summed E-state index contributed by atoms with van der Waals surface area (Å²) in [5, 5.41) is 13.7. The number of benzene rings is 1. The molecule has 2 atom stereocenters. The van der Waals surface area contributed by atoms with Crippen molar-refractivity contribution in [3.63, 3.8) is 0 Å². The number of anilines is 1. The summed E-state index contributed by atoms with van der Waals surface area (Å²) in [5.41, 5.74) is 2.11. The van der Waals surface area contributed by atoms with Gasteiger partial charge in [-0.1, -0.05) is 32.9 Å². The summed E-state index contributed by atoms with van der Waals surface area (Å²) in [6, 6.07) is 9.18. The lowest BCUT2D eigenvalue weighted by atomic mass is 9.92. The van der Waals surface area contributed by atoms with Crippen LogP contribution < -0.4 is 16.0 Å². The van der Waals surface area contributed by atoms with Crippen molar-refractivity contribution in [2.75, 3.05) is 5.32 Å². The summed E-state index contributed by atoms with van der Waals surface area (Å²) in [4.78, 5) is 33.7. The number of carbonyl (C=O) groups excluding carboxylic acids is 2. The van der Waals surface area contributed by atoms with Crippen LogP contribution in [0.3, 0.4) is 0 Å². The van der Waals surface area contributed by atoms with E-state index in [9.17, 15) is 9.59 Å². The molecule has 0 spiro atoms. The molecule has 9 heteroatoms. The summed E-state index contributed by atoms with van der Waals surface area (Å²) >= 11 is 0. The van der Waals surface area contributed by atoms with E-state index in [4.69, 9.17) is 0 Å². The van der Waals surface area contributed by atoms with Gasteiger partial charge in [0.05, 0.1) is 22.9 Å². The predicted octanol–water partition coefficient (Wildman–Crippen LogP) is 2.33. The smallest absolute Gasteiger partial charge is 0.277 e. The van der Waals surface area contributed by atoms with Crippen LogP contribution in [-0.2, 0) is 10.2 Å². The molecule has 1 saturated heterocycles. The van der Waals surface area contributed by atoms with Gasteiger partial charge in [-0.15, -0.1) is 0 Å². The number of nitrogens with zero attached hydrogens (tertiary/aromatic N) is 4. The minimum atomic E-state index is -0.560. The Bertz CT molecular complexity index is 1120. The Morgan fingerprint density at radius 3 is 2.67 bits per heavy atom. The number of para-hydroxylation sites is 2. The van der Waals surface area contributed by atoms with E-state index in [1.165, 1.54) is 6.20 Å². The SMILES string of the molecule is CC1CC(=O)NC(n2nc(C(C)(C)C)cc2NC(=O)c2cnc3ccccc3n2)N1. The van der Waals surface area contributed by atoms with E-state index < -0.39 is 12.2 Å². The normalized spacial score (nSPS) is 19.5. The van der Waals surface area contributed by atoms with E-state index in [0.717, 1.165) is 11.2 Å². The Balaban J connectivity index is 1.67. The van der Waals surface area contributed by atoms with Crippen molar-refractivity contribution in [3.05, 3.63) is 47.9 Å². The third-order valence-electron chi connectivity index (χ3n) is 4.90. The molecule has 156 valence electrons. The Kier molecular flexibility index (Phi) is 4.98. The van der Waals surface area contributed by atoms with Gasteiger partial charge in [0, 0.05) is 23.9 Å². The molecule has 2 amide bonds. The molecule has 2 aromatic heterocycles. The molecule has 3 N–H and O–H groups in total. The number of aromatic nitrogens is 4. The van der Waals surface area contributed by atoms with Crippen molar-refractivity contribution < 1.29 is 9.59 Å².